The Balaban J connectivity index is 1.61. The van der Waals surface area contributed by atoms with Gasteiger partial charge in [-0.3, -0.25) is 4.90 Å². The van der Waals surface area contributed by atoms with E-state index in [0.717, 1.165) is 45.4 Å². The maximum atomic E-state index is 11.8. The molecule has 2 saturated heterocycles. The number of hydrogen-bond acceptors (Lipinski definition) is 2. The van der Waals surface area contributed by atoms with Gasteiger partial charge in [-0.2, -0.15) is 0 Å². The van der Waals surface area contributed by atoms with E-state index < -0.39 is 0 Å². The Morgan fingerprint density at radius 3 is 2.48 bits per heavy atom. The molecule has 0 aromatic heterocycles. The zero-order valence-electron chi connectivity index (χ0n) is 12.8. The quantitative estimate of drug-likeness (QED) is 0.924. The molecule has 2 aliphatic rings. The van der Waals surface area contributed by atoms with Crippen molar-refractivity contribution in [3.05, 3.63) is 35.9 Å². The van der Waals surface area contributed by atoms with Crippen molar-refractivity contribution in [1.82, 2.24) is 15.1 Å². The molecule has 0 spiro atoms. The third-order valence-corrected chi connectivity index (χ3v) is 4.84. The van der Waals surface area contributed by atoms with Crippen LogP contribution in [0.4, 0.5) is 4.79 Å². The molecular formula is C17H25N3O. The van der Waals surface area contributed by atoms with Crippen molar-refractivity contribution in [2.75, 3.05) is 26.2 Å². The van der Waals surface area contributed by atoms with Crippen LogP contribution in [0, 0.1) is 0 Å². The minimum Gasteiger partial charge on any atom is -0.336 e. The smallest absolute Gasteiger partial charge is 0.317 e. The summed E-state index contributed by atoms with van der Waals surface area (Å²) in [5, 5.41) is 2.91. The molecule has 2 heterocycles. The van der Waals surface area contributed by atoms with Crippen LogP contribution in [0.25, 0.3) is 0 Å². The predicted octanol–water partition coefficient (Wildman–Crippen LogP) is 2.63. The number of urea groups is 1. The molecule has 3 rings (SSSR count). The molecule has 21 heavy (non-hydrogen) atoms. The van der Waals surface area contributed by atoms with Crippen molar-refractivity contribution < 1.29 is 4.79 Å². The molecule has 0 radical (unpaired) electrons. The molecule has 1 N–H and O–H groups in total. The first-order valence-electron chi connectivity index (χ1n) is 8.13. The van der Waals surface area contributed by atoms with E-state index in [-0.39, 0.29) is 6.03 Å². The second kappa shape index (κ2) is 6.48. The van der Waals surface area contributed by atoms with Crippen LogP contribution >= 0.6 is 0 Å². The molecule has 4 heteroatoms. The number of nitrogens with one attached hydrogen (secondary N) is 1. The molecule has 2 amide bonds. The Morgan fingerprint density at radius 1 is 1.19 bits per heavy atom. The van der Waals surface area contributed by atoms with E-state index >= 15 is 0 Å². The maximum absolute atomic E-state index is 11.8. The molecule has 4 nitrogen and oxygen atoms in total. The van der Waals surface area contributed by atoms with Crippen LogP contribution in [0.1, 0.15) is 37.8 Å². The molecule has 2 aliphatic heterocycles. The molecular weight excluding hydrogens is 262 g/mol. The van der Waals surface area contributed by atoms with E-state index in [4.69, 9.17) is 0 Å². The Morgan fingerprint density at radius 2 is 1.90 bits per heavy atom. The van der Waals surface area contributed by atoms with Gasteiger partial charge in [-0.1, -0.05) is 37.3 Å². The van der Waals surface area contributed by atoms with E-state index in [1.165, 1.54) is 5.56 Å². The van der Waals surface area contributed by atoms with Gasteiger partial charge in [0.2, 0.25) is 0 Å². The lowest BCUT2D eigenvalue weighted by molar-refractivity contribution is 0.104. The average molecular weight is 287 g/mol. The summed E-state index contributed by atoms with van der Waals surface area (Å²) in [5.74, 6) is 0. The molecule has 2 fully saturated rings. The van der Waals surface area contributed by atoms with Gasteiger partial charge in [0, 0.05) is 38.3 Å². The van der Waals surface area contributed by atoms with E-state index in [1.54, 1.807) is 0 Å². The van der Waals surface area contributed by atoms with Crippen LogP contribution in [-0.4, -0.2) is 48.1 Å². The fourth-order valence-electron chi connectivity index (χ4n) is 3.72. The summed E-state index contributed by atoms with van der Waals surface area (Å²) in [6, 6.07) is 11.9. The van der Waals surface area contributed by atoms with Crippen LogP contribution in [-0.2, 0) is 0 Å². The van der Waals surface area contributed by atoms with Crippen molar-refractivity contribution in [3.63, 3.8) is 0 Å². The number of amides is 2. The van der Waals surface area contributed by atoms with Crippen molar-refractivity contribution in [2.45, 2.75) is 38.3 Å². The number of carbonyl (C=O) groups is 1. The van der Waals surface area contributed by atoms with Gasteiger partial charge in [0.05, 0.1) is 0 Å². The average Bonchev–Trinajstić information content (AvgIpc) is 2.96. The number of hydrogen-bond donors (Lipinski definition) is 1. The maximum Gasteiger partial charge on any atom is 0.317 e. The van der Waals surface area contributed by atoms with Crippen molar-refractivity contribution in [3.8, 4) is 0 Å². The van der Waals surface area contributed by atoms with Gasteiger partial charge >= 0.3 is 6.03 Å². The Kier molecular flexibility index (Phi) is 4.44. The van der Waals surface area contributed by atoms with Gasteiger partial charge in [0.1, 0.15) is 0 Å². The molecule has 1 atom stereocenters. The first-order chi connectivity index (χ1) is 10.3. The standard InChI is InChI=1S/C17H25N3O/c1-2-16(14-6-4-3-5-7-14)19-11-8-15(9-12-19)20-13-10-18-17(20)21/h3-7,15-16H,2,8-13H2,1H3,(H,18,21)/t16-/m1/s1. The topological polar surface area (TPSA) is 35.6 Å². The number of rotatable bonds is 4. The number of piperidine rings is 1. The predicted molar refractivity (Wildman–Crippen MR) is 84.2 cm³/mol. The normalized spacial score (nSPS) is 22.3. The molecule has 0 saturated carbocycles. The minimum atomic E-state index is 0.128. The van der Waals surface area contributed by atoms with Gasteiger partial charge in [0.15, 0.2) is 0 Å². The monoisotopic (exact) mass is 287 g/mol. The van der Waals surface area contributed by atoms with E-state index in [9.17, 15) is 4.79 Å². The lowest BCUT2D eigenvalue weighted by atomic mass is 9.97. The SMILES string of the molecule is CC[C@H](c1ccccc1)N1CCC(N2CCNC2=O)CC1. The van der Waals surface area contributed by atoms with Crippen molar-refractivity contribution in [2.24, 2.45) is 0 Å². The van der Waals surface area contributed by atoms with E-state index in [0.29, 0.717) is 12.1 Å². The van der Waals surface area contributed by atoms with E-state index in [2.05, 4.69) is 47.5 Å². The lowest BCUT2D eigenvalue weighted by Crippen LogP contribution is -2.46. The molecule has 1 aromatic rings. The molecule has 0 unspecified atom stereocenters. The number of benzene rings is 1. The van der Waals surface area contributed by atoms with Gasteiger partial charge in [0.25, 0.3) is 0 Å². The van der Waals surface area contributed by atoms with Crippen LogP contribution in [0.5, 0.6) is 0 Å². The van der Waals surface area contributed by atoms with Gasteiger partial charge in [-0.25, -0.2) is 4.79 Å². The Labute approximate surface area is 127 Å². The van der Waals surface area contributed by atoms with Crippen LogP contribution in [0.2, 0.25) is 0 Å². The molecule has 1 aromatic carbocycles. The largest absolute Gasteiger partial charge is 0.336 e. The number of carbonyl (C=O) groups excluding carboxylic acids is 1. The second-order valence-corrected chi connectivity index (χ2v) is 6.03. The Bertz CT molecular complexity index is 468. The first kappa shape index (κ1) is 14.4. The molecule has 114 valence electrons. The second-order valence-electron chi connectivity index (χ2n) is 6.03. The highest BCUT2D eigenvalue weighted by Crippen LogP contribution is 2.28. The molecule has 0 bridgehead atoms. The summed E-state index contributed by atoms with van der Waals surface area (Å²) in [7, 11) is 0. The van der Waals surface area contributed by atoms with Gasteiger partial charge in [-0.05, 0) is 24.8 Å². The lowest BCUT2D eigenvalue weighted by Gasteiger charge is -2.40. The highest BCUT2D eigenvalue weighted by atomic mass is 16.2. The van der Waals surface area contributed by atoms with Crippen LogP contribution in [0.15, 0.2) is 30.3 Å². The third-order valence-electron chi connectivity index (χ3n) is 4.84. The van der Waals surface area contributed by atoms with Crippen LogP contribution in [0.3, 0.4) is 0 Å². The highest BCUT2D eigenvalue weighted by molar-refractivity contribution is 5.76. The van der Waals surface area contributed by atoms with Gasteiger partial charge in [-0.15, -0.1) is 0 Å². The number of nitrogens with zero attached hydrogens (tertiary/aromatic N) is 2. The van der Waals surface area contributed by atoms with Crippen molar-refractivity contribution >= 4 is 6.03 Å². The molecule has 0 aliphatic carbocycles. The zero-order valence-corrected chi connectivity index (χ0v) is 12.8. The summed E-state index contributed by atoms with van der Waals surface area (Å²) in [6.07, 6.45) is 3.33. The van der Waals surface area contributed by atoms with Crippen LogP contribution < -0.4 is 5.32 Å². The summed E-state index contributed by atoms with van der Waals surface area (Å²) in [5.41, 5.74) is 1.41. The summed E-state index contributed by atoms with van der Waals surface area (Å²) < 4.78 is 0. The minimum absolute atomic E-state index is 0.128. The zero-order chi connectivity index (χ0) is 14.7. The summed E-state index contributed by atoms with van der Waals surface area (Å²) in [4.78, 5) is 16.4. The number of likely N-dealkylation sites (tertiary alicyclic amines) is 1. The fourth-order valence-corrected chi connectivity index (χ4v) is 3.72. The summed E-state index contributed by atoms with van der Waals surface area (Å²) >= 11 is 0. The highest BCUT2D eigenvalue weighted by Gasteiger charge is 2.32. The Hall–Kier alpha value is -1.55. The van der Waals surface area contributed by atoms with Gasteiger partial charge < -0.3 is 10.2 Å². The third kappa shape index (κ3) is 3.05. The fraction of sp³-hybridized carbons (Fsp3) is 0.588. The van der Waals surface area contributed by atoms with Crippen molar-refractivity contribution in [1.29, 1.82) is 0 Å². The summed E-state index contributed by atoms with van der Waals surface area (Å²) in [6.45, 7) is 6.11. The van der Waals surface area contributed by atoms with E-state index in [1.807, 2.05) is 4.90 Å². The first-order valence-corrected chi connectivity index (χ1v) is 8.13.